The average Bonchev–Trinajstić information content (AvgIpc) is 3.43. The molecule has 1 N–H and O–H groups in total. The second-order valence-electron chi connectivity index (χ2n) is 18.9. The first-order valence-electron chi connectivity index (χ1n) is 26.2. The molecule has 0 spiro atoms. The lowest BCUT2D eigenvalue weighted by molar-refractivity contribution is -0.147. The highest BCUT2D eigenvalue weighted by molar-refractivity contribution is 6.31. The molecule has 5 aromatic carbocycles. The van der Waals surface area contributed by atoms with Crippen molar-refractivity contribution in [2.24, 2.45) is 0 Å². The molecule has 0 saturated carbocycles. The van der Waals surface area contributed by atoms with E-state index in [1.165, 1.54) is 0 Å². The number of hydrogen-bond acceptors (Lipinski definition) is 10. The number of halogens is 2. The summed E-state index contributed by atoms with van der Waals surface area (Å²) in [6.45, 7) is 14.8. The summed E-state index contributed by atoms with van der Waals surface area (Å²) in [4.78, 5) is 66.4. The molecule has 2 atom stereocenters. The normalized spacial score (nSPS) is 15.6. The Bertz CT molecular complexity index is 2480. The van der Waals surface area contributed by atoms with Crippen molar-refractivity contribution in [2.45, 2.75) is 71.0 Å². The van der Waals surface area contributed by atoms with Crippen molar-refractivity contribution in [3.8, 4) is 11.5 Å². The molecular formula is C59H72Cl2N6O6. The first-order valence-corrected chi connectivity index (χ1v) is 26.9. The molecule has 12 nitrogen and oxygen atoms in total. The molecule has 2 unspecified atom stereocenters. The van der Waals surface area contributed by atoms with Crippen molar-refractivity contribution in [2.75, 3.05) is 91.8 Å². The van der Waals surface area contributed by atoms with Gasteiger partial charge >= 0.3 is 0 Å². The van der Waals surface area contributed by atoms with Gasteiger partial charge in [0.05, 0.1) is 13.2 Å². The third-order valence-corrected chi connectivity index (χ3v) is 14.5. The lowest BCUT2D eigenvalue weighted by atomic mass is 9.99. The topological polar surface area (TPSA) is 115 Å². The van der Waals surface area contributed by atoms with E-state index in [0.29, 0.717) is 91.3 Å². The summed E-state index contributed by atoms with van der Waals surface area (Å²) in [5.41, 5.74) is 3.42. The van der Waals surface area contributed by atoms with E-state index in [9.17, 15) is 19.2 Å². The van der Waals surface area contributed by atoms with Gasteiger partial charge in [-0.15, -0.1) is 0 Å². The molecule has 2 fully saturated rings. The van der Waals surface area contributed by atoms with Crippen LogP contribution in [0.1, 0.15) is 89.8 Å². The first-order chi connectivity index (χ1) is 35.6. The Morgan fingerprint density at radius 1 is 0.507 bits per heavy atom. The van der Waals surface area contributed by atoms with E-state index >= 15 is 0 Å². The number of hydrogen-bond donors (Lipinski definition) is 1. The van der Waals surface area contributed by atoms with Crippen LogP contribution in [-0.2, 0) is 16.1 Å². The summed E-state index contributed by atoms with van der Waals surface area (Å²) < 4.78 is 12.0. The number of amides is 2. The van der Waals surface area contributed by atoms with Crippen molar-refractivity contribution >= 4 is 46.6 Å². The number of piperazine rings is 2. The largest absolute Gasteiger partial charge is 0.494 e. The van der Waals surface area contributed by atoms with Crippen LogP contribution >= 0.6 is 23.2 Å². The molecule has 0 aromatic heterocycles. The lowest BCUT2D eigenvalue weighted by Crippen LogP contribution is -2.68. The number of carbonyl (C=O) groups excluding carboxylic acids is 4. The fourth-order valence-electron chi connectivity index (χ4n) is 9.69. The molecule has 7 rings (SSSR count). The molecule has 73 heavy (non-hydrogen) atoms. The smallest absolute Gasteiger partial charge is 0.242 e. The van der Waals surface area contributed by atoms with Crippen LogP contribution in [0.5, 0.6) is 11.5 Å². The Hall–Kier alpha value is -5.60. The Labute approximate surface area is 442 Å². The Balaban J connectivity index is 0.871. The summed E-state index contributed by atoms with van der Waals surface area (Å²) in [5.74, 6) is 1.30. The minimum absolute atomic E-state index is 0.0214. The van der Waals surface area contributed by atoms with Gasteiger partial charge in [-0.3, -0.25) is 29.0 Å². The zero-order valence-corrected chi connectivity index (χ0v) is 44.1. The first kappa shape index (κ1) is 55.2. The molecule has 2 aliphatic heterocycles. The number of ether oxygens (including phenoxy) is 2. The second-order valence-corrected chi connectivity index (χ2v) is 19.8. The Kier molecular flexibility index (Phi) is 21.7. The van der Waals surface area contributed by atoms with Crippen LogP contribution in [0.15, 0.2) is 127 Å². The van der Waals surface area contributed by atoms with E-state index in [1.807, 2.05) is 73.3 Å². The van der Waals surface area contributed by atoms with Crippen molar-refractivity contribution < 1.29 is 28.7 Å². The molecule has 2 aliphatic rings. The lowest BCUT2D eigenvalue weighted by Gasteiger charge is -2.47. The maximum atomic E-state index is 14.7. The summed E-state index contributed by atoms with van der Waals surface area (Å²) in [6, 6.07) is 37.1. The van der Waals surface area contributed by atoms with Crippen molar-refractivity contribution in [1.29, 1.82) is 0 Å². The highest BCUT2D eigenvalue weighted by atomic mass is 35.5. The number of nitrogens with zero attached hydrogens (tertiary/aromatic N) is 5. The number of nitrogens with one attached hydrogen (secondary N) is 1. The monoisotopic (exact) mass is 1030 g/mol. The van der Waals surface area contributed by atoms with Gasteiger partial charge in [0, 0.05) is 104 Å². The second kappa shape index (κ2) is 28.7. The number of benzene rings is 5. The quantitative estimate of drug-likeness (QED) is 0.0403. The predicted octanol–water partition coefficient (Wildman–Crippen LogP) is 9.41. The van der Waals surface area contributed by atoms with Gasteiger partial charge in [-0.05, 0) is 168 Å². The maximum Gasteiger partial charge on any atom is 0.242 e. The van der Waals surface area contributed by atoms with Gasteiger partial charge in [0.2, 0.25) is 11.8 Å². The van der Waals surface area contributed by atoms with E-state index in [1.54, 1.807) is 72.8 Å². The van der Waals surface area contributed by atoms with Crippen LogP contribution in [0.3, 0.4) is 0 Å². The summed E-state index contributed by atoms with van der Waals surface area (Å²) in [7, 11) is 0. The van der Waals surface area contributed by atoms with E-state index < -0.39 is 12.1 Å². The summed E-state index contributed by atoms with van der Waals surface area (Å²) in [6.07, 6.45) is 5.95. The molecule has 14 heteroatoms. The average molecular weight is 1030 g/mol. The van der Waals surface area contributed by atoms with Gasteiger partial charge < -0.3 is 29.5 Å². The van der Waals surface area contributed by atoms with Crippen molar-refractivity contribution in [3.05, 3.63) is 165 Å². The zero-order chi connectivity index (χ0) is 51.4. The molecule has 2 saturated heterocycles. The van der Waals surface area contributed by atoms with Crippen LogP contribution in [-0.4, -0.2) is 152 Å². The van der Waals surface area contributed by atoms with Gasteiger partial charge in [0.1, 0.15) is 23.6 Å². The molecule has 388 valence electrons. The van der Waals surface area contributed by atoms with E-state index in [2.05, 4.69) is 24.9 Å². The van der Waals surface area contributed by atoms with Gasteiger partial charge in [0.25, 0.3) is 0 Å². The number of likely N-dealkylation sites (N-methyl/N-ethyl adjacent to an activating group) is 1. The minimum atomic E-state index is -0.632. The third-order valence-electron chi connectivity index (χ3n) is 14.0. The van der Waals surface area contributed by atoms with E-state index in [0.717, 1.165) is 94.9 Å². The molecule has 2 amide bonds. The third kappa shape index (κ3) is 16.4. The molecule has 0 aliphatic carbocycles. The molecule has 5 aromatic rings. The Morgan fingerprint density at radius 3 is 1.32 bits per heavy atom. The van der Waals surface area contributed by atoms with E-state index in [4.69, 9.17) is 32.7 Å². The van der Waals surface area contributed by atoms with Crippen molar-refractivity contribution in [3.63, 3.8) is 0 Å². The highest BCUT2D eigenvalue weighted by Gasteiger charge is 2.44. The molecule has 0 radical (unpaired) electrons. The SMILES string of the molecule is CCN(CC)C(=O)C(C(C(=O)NCc1ccccc1)N1CCN(CCCCCOc2ccc(C(=O)c3ccc(Cl)cc3)cc2)CC1)N1CCN(CCCCCOc2ccc(C(=O)c3ccc(Cl)cc3)cc2)CC1. The van der Waals surface area contributed by atoms with Crippen LogP contribution < -0.4 is 14.8 Å². The van der Waals surface area contributed by atoms with Gasteiger partial charge in [-0.25, -0.2) is 0 Å². The fourth-order valence-corrected chi connectivity index (χ4v) is 9.94. The van der Waals surface area contributed by atoms with E-state index in [-0.39, 0.29) is 23.4 Å². The number of unbranched alkanes of at least 4 members (excludes halogenated alkanes) is 4. The standard InChI is InChI=1S/C59H72Cl2N6O6/c1-3-65(4-2)59(71)55(67-40-36-64(37-41-67)33-11-7-13-43-73-53-30-22-49(23-31-53)57(69)47-18-26-51(61)27-19-47)54(58(70)62-44-45-14-8-5-9-15-45)66-38-34-63(35-39-66)32-10-6-12-42-72-52-28-20-48(21-29-52)56(68)46-16-24-50(60)25-17-46/h5,8-9,14-31,54-55H,3-4,6-7,10-13,32-44H2,1-2H3,(H,62,70). The van der Waals surface area contributed by atoms with Gasteiger partial charge in [-0.1, -0.05) is 53.5 Å². The summed E-state index contributed by atoms with van der Waals surface area (Å²) in [5, 5.41) is 4.45. The number of rotatable bonds is 27. The number of carbonyl (C=O) groups is 4. The van der Waals surface area contributed by atoms with Crippen LogP contribution in [0.4, 0.5) is 0 Å². The van der Waals surface area contributed by atoms with Crippen LogP contribution in [0.2, 0.25) is 10.0 Å². The van der Waals surface area contributed by atoms with Crippen LogP contribution in [0.25, 0.3) is 0 Å². The highest BCUT2D eigenvalue weighted by Crippen LogP contribution is 2.23. The molecule has 2 heterocycles. The fraction of sp³-hybridized carbons (Fsp3) is 0.424. The molecular weight excluding hydrogens is 960 g/mol. The maximum absolute atomic E-state index is 14.7. The Morgan fingerprint density at radius 2 is 0.904 bits per heavy atom. The summed E-state index contributed by atoms with van der Waals surface area (Å²) >= 11 is 12.0. The predicted molar refractivity (Wildman–Crippen MR) is 291 cm³/mol. The van der Waals surface area contributed by atoms with Crippen molar-refractivity contribution in [1.82, 2.24) is 29.8 Å². The van der Waals surface area contributed by atoms with Gasteiger partial charge in [0.15, 0.2) is 11.6 Å². The number of ketones is 2. The minimum Gasteiger partial charge on any atom is -0.494 e. The van der Waals surface area contributed by atoms with Crippen LogP contribution in [0, 0.1) is 0 Å². The van der Waals surface area contributed by atoms with Gasteiger partial charge in [-0.2, -0.15) is 0 Å². The molecule has 0 bridgehead atoms. The zero-order valence-electron chi connectivity index (χ0n) is 42.6.